The van der Waals surface area contributed by atoms with Crippen LogP contribution in [0.1, 0.15) is 47.9 Å². The first kappa shape index (κ1) is 33.1. The van der Waals surface area contributed by atoms with Gasteiger partial charge in [0.05, 0.1) is 25.0 Å². The molecular weight excluding hydrogens is 620 g/mol. The number of methoxy groups -OCH3 is 1. The molecule has 0 saturated heterocycles. The number of benzene rings is 5. The number of halogens is 1. The zero-order chi connectivity index (χ0) is 33.6. The van der Waals surface area contributed by atoms with Crippen LogP contribution >= 0.6 is 11.6 Å². The van der Waals surface area contributed by atoms with Crippen molar-refractivity contribution in [1.29, 1.82) is 0 Å². The van der Waals surface area contributed by atoms with E-state index in [-0.39, 0.29) is 29.2 Å². The number of nitrogens with one attached hydrogen (secondary N) is 2. The fourth-order valence-corrected chi connectivity index (χ4v) is 5.01. The van der Waals surface area contributed by atoms with E-state index < -0.39 is 23.6 Å². The molecule has 5 aromatic carbocycles. The Labute approximate surface area is 277 Å². The second kappa shape index (κ2) is 14.4. The number of carbonyl (C=O) groups is 3. The average molecular weight is 655 g/mol. The molecule has 0 atom stereocenters. The summed E-state index contributed by atoms with van der Waals surface area (Å²) in [6.07, 6.45) is -0.0374. The Morgan fingerprint density at radius 3 is 1.96 bits per heavy atom. The molecule has 0 aliphatic carbocycles. The van der Waals surface area contributed by atoms with Crippen molar-refractivity contribution in [3.8, 4) is 17.2 Å². The molecule has 5 aromatic rings. The molecule has 0 bridgehead atoms. The van der Waals surface area contributed by atoms with Crippen molar-refractivity contribution in [2.75, 3.05) is 25.6 Å². The molecule has 9 nitrogen and oxygen atoms in total. The van der Waals surface area contributed by atoms with Gasteiger partial charge in [0, 0.05) is 17.6 Å². The van der Waals surface area contributed by atoms with E-state index in [1.54, 1.807) is 57.2 Å². The third-order valence-corrected chi connectivity index (χ3v) is 7.26. The second-order valence-corrected chi connectivity index (χ2v) is 12.1. The summed E-state index contributed by atoms with van der Waals surface area (Å²) in [6.45, 7) is 5.93. The van der Waals surface area contributed by atoms with Crippen LogP contribution in [-0.4, -0.2) is 43.8 Å². The van der Waals surface area contributed by atoms with Crippen LogP contribution in [0.2, 0.25) is 5.02 Å². The molecule has 0 aliphatic rings. The maximum atomic E-state index is 13.8. The molecule has 0 aliphatic heterocycles. The SMILES string of the molecule is COc1cc2ccccc2cc1C(=O)Oc1cc(Cl)ccc1NC(=O)c1cc2ccccc2cc1OCCCNC(=O)OC(C)(C)C. The van der Waals surface area contributed by atoms with Gasteiger partial charge in [-0.05, 0) is 85.1 Å². The number of alkyl carbamates (subject to hydrolysis) is 1. The molecular formula is C37H35ClN2O7. The van der Waals surface area contributed by atoms with Crippen molar-refractivity contribution in [3.05, 3.63) is 107 Å². The molecule has 0 spiro atoms. The highest BCUT2D eigenvalue weighted by Crippen LogP contribution is 2.33. The van der Waals surface area contributed by atoms with Crippen LogP contribution in [0, 0.1) is 0 Å². The minimum Gasteiger partial charge on any atom is -0.496 e. The quantitative estimate of drug-likeness (QED) is 0.0883. The van der Waals surface area contributed by atoms with E-state index in [4.69, 9.17) is 30.5 Å². The van der Waals surface area contributed by atoms with E-state index in [0.29, 0.717) is 29.5 Å². The monoisotopic (exact) mass is 654 g/mol. The maximum absolute atomic E-state index is 13.8. The van der Waals surface area contributed by atoms with Crippen molar-refractivity contribution in [3.63, 3.8) is 0 Å². The Morgan fingerprint density at radius 2 is 1.34 bits per heavy atom. The van der Waals surface area contributed by atoms with Crippen LogP contribution in [0.3, 0.4) is 0 Å². The van der Waals surface area contributed by atoms with Crippen molar-refractivity contribution in [2.45, 2.75) is 32.8 Å². The first-order valence-corrected chi connectivity index (χ1v) is 15.4. The number of amides is 2. The largest absolute Gasteiger partial charge is 0.496 e. The summed E-state index contributed by atoms with van der Waals surface area (Å²) >= 11 is 6.28. The van der Waals surface area contributed by atoms with Gasteiger partial charge in [-0.3, -0.25) is 4.79 Å². The van der Waals surface area contributed by atoms with E-state index in [1.165, 1.54) is 13.2 Å². The highest BCUT2D eigenvalue weighted by molar-refractivity contribution is 6.31. The van der Waals surface area contributed by atoms with Crippen LogP contribution in [0.5, 0.6) is 17.2 Å². The fraction of sp³-hybridized carbons (Fsp3) is 0.216. The predicted molar refractivity (Wildman–Crippen MR) is 183 cm³/mol. The minimum absolute atomic E-state index is 0.0579. The Balaban J connectivity index is 1.35. The van der Waals surface area contributed by atoms with E-state index in [9.17, 15) is 14.4 Å². The van der Waals surface area contributed by atoms with Crippen LogP contribution in [0.15, 0.2) is 91.0 Å². The molecule has 0 aromatic heterocycles. The lowest BCUT2D eigenvalue weighted by Gasteiger charge is -2.19. The van der Waals surface area contributed by atoms with E-state index in [1.807, 2.05) is 48.5 Å². The second-order valence-electron chi connectivity index (χ2n) is 11.7. The number of hydrogen-bond acceptors (Lipinski definition) is 7. The van der Waals surface area contributed by atoms with Gasteiger partial charge < -0.3 is 29.6 Å². The van der Waals surface area contributed by atoms with Gasteiger partial charge in [0.1, 0.15) is 22.7 Å². The molecule has 0 radical (unpaired) electrons. The van der Waals surface area contributed by atoms with Gasteiger partial charge in [-0.1, -0.05) is 60.1 Å². The van der Waals surface area contributed by atoms with Crippen LogP contribution in [0.4, 0.5) is 10.5 Å². The highest BCUT2D eigenvalue weighted by atomic mass is 35.5. The minimum atomic E-state index is -0.680. The van der Waals surface area contributed by atoms with Gasteiger partial charge in [-0.25, -0.2) is 9.59 Å². The van der Waals surface area contributed by atoms with Crippen molar-refractivity contribution < 1.29 is 33.3 Å². The molecule has 0 unspecified atom stereocenters. The molecule has 10 heteroatoms. The third kappa shape index (κ3) is 8.51. The number of ether oxygens (including phenoxy) is 4. The summed E-state index contributed by atoms with van der Waals surface area (Å²) in [7, 11) is 1.48. The van der Waals surface area contributed by atoms with Crippen LogP contribution in [0.25, 0.3) is 21.5 Å². The van der Waals surface area contributed by atoms with Crippen molar-refractivity contribution in [1.82, 2.24) is 5.32 Å². The number of rotatable bonds is 10. The van der Waals surface area contributed by atoms with Crippen molar-refractivity contribution in [2.24, 2.45) is 0 Å². The van der Waals surface area contributed by atoms with Gasteiger partial charge in [-0.15, -0.1) is 0 Å². The van der Waals surface area contributed by atoms with Gasteiger partial charge in [0.25, 0.3) is 5.91 Å². The van der Waals surface area contributed by atoms with Crippen molar-refractivity contribution >= 4 is 56.8 Å². The normalized spacial score (nSPS) is 11.2. The topological polar surface area (TPSA) is 112 Å². The maximum Gasteiger partial charge on any atom is 0.407 e. The van der Waals surface area contributed by atoms with E-state index in [0.717, 1.165) is 21.5 Å². The fourth-order valence-electron chi connectivity index (χ4n) is 4.85. The standard InChI is InChI=1S/C37H35ClN2O7/c1-37(2,3)47-36(43)39-16-9-17-45-32-21-26-13-8-5-10-23(26)18-28(32)34(41)40-30-15-14-27(38)22-33(30)46-35(42)29-19-24-11-6-7-12-25(24)20-31(29)44-4/h5-8,10-15,18-22H,9,16-17H2,1-4H3,(H,39,43)(H,40,41). The van der Waals surface area contributed by atoms with E-state index in [2.05, 4.69) is 10.6 Å². The van der Waals surface area contributed by atoms with Gasteiger partial charge >= 0.3 is 12.1 Å². The molecule has 0 saturated carbocycles. The lowest BCUT2D eigenvalue weighted by Crippen LogP contribution is -2.33. The smallest absolute Gasteiger partial charge is 0.407 e. The molecule has 47 heavy (non-hydrogen) atoms. The lowest BCUT2D eigenvalue weighted by atomic mass is 10.0. The number of anilines is 1. The van der Waals surface area contributed by atoms with Gasteiger partial charge in [-0.2, -0.15) is 0 Å². The summed E-state index contributed by atoms with van der Waals surface area (Å²) < 4.78 is 22.6. The third-order valence-electron chi connectivity index (χ3n) is 7.02. The Kier molecular flexibility index (Phi) is 10.2. The summed E-state index contributed by atoms with van der Waals surface area (Å²) in [4.78, 5) is 39.2. The van der Waals surface area contributed by atoms with Crippen LogP contribution in [-0.2, 0) is 4.74 Å². The van der Waals surface area contributed by atoms with E-state index >= 15 is 0 Å². The summed E-state index contributed by atoms with van der Waals surface area (Å²) in [5, 5.41) is 9.33. The zero-order valence-corrected chi connectivity index (χ0v) is 27.3. The lowest BCUT2D eigenvalue weighted by molar-refractivity contribution is 0.0525. The summed E-state index contributed by atoms with van der Waals surface area (Å²) in [6, 6.07) is 26.8. The first-order chi connectivity index (χ1) is 22.5. The molecule has 0 fully saturated rings. The number of fused-ring (bicyclic) bond motifs is 2. The highest BCUT2D eigenvalue weighted by Gasteiger charge is 2.21. The molecule has 2 N–H and O–H groups in total. The number of esters is 1. The summed E-state index contributed by atoms with van der Waals surface area (Å²) in [5.74, 6) is -0.407. The molecule has 5 rings (SSSR count). The average Bonchev–Trinajstić information content (AvgIpc) is 3.03. The van der Waals surface area contributed by atoms with Gasteiger partial charge in [0.15, 0.2) is 5.75 Å². The Bertz CT molecular complexity index is 1950. The Morgan fingerprint density at radius 1 is 0.745 bits per heavy atom. The molecule has 2 amide bonds. The molecule has 0 heterocycles. The van der Waals surface area contributed by atoms with Crippen LogP contribution < -0.4 is 24.8 Å². The Hall–Kier alpha value is -5.28. The first-order valence-electron chi connectivity index (χ1n) is 15.0. The number of hydrogen-bond donors (Lipinski definition) is 2. The zero-order valence-electron chi connectivity index (χ0n) is 26.5. The van der Waals surface area contributed by atoms with Gasteiger partial charge in [0.2, 0.25) is 0 Å². The summed E-state index contributed by atoms with van der Waals surface area (Å²) in [5.41, 5.74) is 0.120. The predicted octanol–water partition coefficient (Wildman–Crippen LogP) is 8.42. The molecule has 242 valence electrons. The number of carbonyl (C=O) groups excluding carboxylic acids is 3.